The summed E-state index contributed by atoms with van der Waals surface area (Å²) >= 11 is 3.11. The zero-order chi connectivity index (χ0) is 12.4. The lowest BCUT2D eigenvalue weighted by atomic mass is 10.4. The van der Waals surface area contributed by atoms with E-state index in [1.807, 2.05) is 13.8 Å². The number of aromatic nitrogens is 4. The molecule has 0 bridgehead atoms. The molecule has 0 spiro atoms. The normalized spacial score (nSPS) is 10.8. The van der Waals surface area contributed by atoms with E-state index in [2.05, 4.69) is 31.0 Å². The number of hydrogen-bond donors (Lipinski definition) is 1. The Morgan fingerprint density at radius 2 is 2.29 bits per heavy atom. The van der Waals surface area contributed by atoms with Crippen molar-refractivity contribution in [3.8, 4) is 11.6 Å². The fourth-order valence-electron chi connectivity index (χ4n) is 1.21. The van der Waals surface area contributed by atoms with Crippen LogP contribution in [0.2, 0.25) is 0 Å². The fraction of sp³-hybridized carbons (Fsp3) is 0.300. The lowest BCUT2D eigenvalue weighted by molar-refractivity contribution is 0.453. The SMILES string of the molecule is CC(C)n1cc(Oc2nc[nH]c(=O)c2Br)cn1. The zero-order valence-electron chi connectivity index (χ0n) is 9.35. The van der Waals surface area contributed by atoms with Crippen LogP contribution in [0.3, 0.4) is 0 Å². The van der Waals surface area contributed by atoms with Gasteiger partial charge < -0.3 is 9.72 Å². The molecule has 0 radical (unpaired) electrons. The van der Waals surface area contributed by atoms with E-state index in [1.165, 1.54) is 6.33 Å². The van der Waals surface area contributed by atoms with E-state index in [0.29, 0.717) is 5.75 Å². The highest BCUT2D eigenvalue weighted by Crippen LogP contribution is 2.24. The molecule has 0 aromatic carbocycles. The van der Waals surface area contributed by atoms with Gasteiger partial charge in [-0.25, -0.2) is 4.98 Å². The first kappa shape index (κ1) is 11.8. The van der Waals surface area contributed by atoms with Crippen molar-refractivity contribution in [3.05, 3.63) is 33.5 Å². The number of aromatic amines is 1. The standard InChI is InChI=1S/C10H11BrN4O2/c1-6(2)15-4-7(3-14-15)17-10-8(11)9(16)12-5-13-10/h3-6H,1-2H3,(H,12,13,16). The Kier molecular flexibility index (Phi) is 3.28. The van der Waals surface area contributed by atoms with Gasteiger partial charge in [-0.1, -0.05) is 0 Å². The second kappa shape index (κ2) is 4.70. The van der Waals surface area contributed by atoms with Gasteiger partial charge in [0.15, 0.2) is 5.75 Å². The minimum absolute atomic E-state index is 0.219. The topological polar surface area (TPSA) is 72.8 Å². The van der Waals surface area contributed by atoms with Crippen LogP contribution in [-0.4, -0.2) is 19.7 Å². The predicted octanol–water partition coefficient (Wildman–Crippen LogP) is 2.10. The molecule has 0 atom stereocenters. The highest BCUT2D eigenvalue weighted by Gasteiger charge is 2.09. The number of nitrogens with zero attached hydrogens (tertiary/aromatic N) is 3. The molecule has 0 unspecified atom stereocenters. The van der Waals surface area contributed by atoms with E-state index >= 15 is 0 Å². The summed E-state index contributed by atoms with van der Waals surface area (Å²) in [5, 5.41) is 4.13. The first-order valence-electron chi connectivity index (χ1n) is 5.03. The summed E-state index contributed by atoms with van der Waals surface area (Å²) < 4.78 is 7.48. The van der Waals surface area contributed by atoms with E-state index < -0.39 is 0 Å². The molecule has 0 aliphatic rings. The average molecular weight is 299 g/mol. The third-order valence-corrected chi connectivity index (χ3v) is 2.79. The van der Waals surface area contributed by atoms with Crippen LogP contribution in [0.4, 0.5) is 0 Å². The molecule has 0 saturated heterocycles. The maximum atomic E-state index is 11.3. The van der Waals surface area contributed by atoms with Crippen LogP contribution in [0.15, 0.2) is 28.0 Å². The molecule has 2 aromatic rings. The smallest absolute Gasteiger partial charge is 0.268 e. The van der Waals surface area contributed by atoms with Crippen LogP contribution >= 0.6 is 15.9 Å². The van der Waals surface area contributed by atoms with Gasteiger partial charge in [0.25, 0.3) is 5.56 Å². The van der Waals surface area contributed by atoms with Crippen LogP contribution in [0.5, 0.6) is 11.6 Å². The quantitative estimate of drug-likeness (QED) is 0.942. The first-order valence-corrected chi connectivity index (χ1v) is 5.82. The van der Waals surface area contributed by atoms with Crippen LogP contribution < -0.4 is 10.3 Å². The number of ether oxygens (including phenoxy) is 1. The van der Waals surface area contributed by atoms with Crippen LogP contribution in [0.25, 0.3) is 0 Å². The van der Waals surface area contributed by atoms with Gasteiger partial charge in [0.1, 0.15) is 4.47 Å². The Balaban J connectivity index is 2.25. The maximum Gasteiger partial charge on any atom is 0.268 e. The summed E-state index contributed by atoms with van der Waals surface area (Å²) in [6.45, 7) is 4.02. The molecule has 0 amide bonds. The molecule has 1 N–H and O–H groups in total. The summed E-state index contributed by atoms with van der Waals surface area (Å²) in [4.78, 5) is 17.7. The van der Waals surface area contributed by atoms with Crippen LogP contribution in [-0.2, 0) is 0 Å². The van der Waals surface area contributed by atoms with E-state index in [9.17, 15) is 4.79 Å². The summed E-state index contributed by atoms with van der Waals surface area (Å²) in [5.74, 6) is 0.759. The van der Waals surface area contributed by atoms with Crippen molar-refractivity contribution in [3.63, 3.8) is 0 Å². The van der Waals surface area contributed by atoms with E-state index in [4.69, 9.17) is 4.74 Å². The predicted molar refractivity (Wildman–Crippen MR) is 65.2 cm³/mol. The summed E-state index contributed by atoms with van der Waals surface area (Å²) in [6, 6.07) is 0.253. The lowest BCUT2D eigenvalue weighted by Gasteiger charge is -2.04. The molecule has 7 heteroatoms. The monoisotopic (exact) mass is 298 g/mol. The highest BCUT2D eigenvalue weighted by atomic mass is 79.9. The van der Waals surface area contributed by atoms with Gasteiger partial charge in [0, 0.05) is 6.04 Å². The minimum Gasteiger partial charge on any atom is -0.434 e. The molecule has 2 aromatic heterocycles. The maximum absolute atomic E-state index is 11.3. The molecule has 0 aliphatic heterocycles. The molecule has 0 aliphatic carbocycles. The molecule has 2 rings (SSSR count). The third-order valence-electron chi connectivity index (χ3n) is 2.09. The molecule has 90 valence electrons. The van der Waals surface area contributed by atoms with Gasteiger partial charge in [-0.05, 0) is 29.8 Å². The van der Waals surface area contributed by atoms with Gasteiger partial charge in [-0.2, -0.15) is 5.10 Å². The zero-order valence-corrected chi connectivity index (χ0v) is 10.9. The van der Waals surface area contributed by atoms with E-state index in [1.54, 1.807) is 17.1 Å². The lowest BCUT2D eigenvalue weighted by Crippen LogP contribution is -2.08. The average Bonchev–Trinajstić information content (AvgIpc) is 2.73. The summed E-state index contributed by atoms with van der Waals surface area (Å²) in [6.07, 6.45) is 4.62. The highest BCUT2D eigenvalue weighted by molar-refractivity contribution is 9.10. The van der Waals surface area contributed by atoms with E-state index in [-0.39, 0.29) is 22.0 Å². The van der Waals surface area contributed by atoms with Crippen molar-refractivity contribution >= 4 is 15.9 Å². The van der Waals surface area contributed by atoms with E-state index in [0.717, 1.165) is 0 Å². The fourth-order valence-corrected chi connectivity index (χ4v) is 1.50. The number of hydrogen-bond acceptors (Lipinski definition) is 4. The molecule has 17 heavy (non-hydrogen) atoms. The molecule has 0 fully saturated rings. The Morgan fingerprint density at radius 3 is 2.94 bits per heavy atom. The Morgan fingerprint density at radius 1 is 1.53 bits per heavy atom. The van der Waals surface area contributed by atoms with Crippen LogP contribution in [0.1, 0.15) is 19.9 Å². The minimum atomic E-state index is -0.286. The third kappa shape index (κ3) is 2.55. The first-order chi connectivity index (χ1) is 8.08. The van der Waals surface area contributed by atoms with Crippen molar-refractivity contribution in [2.75, 3.05) is 0 Å². The Hall–Kier alpha value is -1.63. The summed E-state index contributed by atoms with van der Waals surface area (Å²) in [5.41, 5.74) is -0.286. The van der Waals surface area contributed by atoms with Crippen molar-refractivity contribution < 1.29 is 4.74 Å². The van der Waals surface area contributed by atoms with Gasteiger partial charge in [-0.15, -0.1) is 0 Å². The molecule has 6 nitrogen and oxygen atoms in total. The van der Waals surface area contributed by atoms with Crippen LogP contribution in [0, 0.1) is 0 Å². The molecular weight excluding hydrogens is 288 g/mol. The molecular formula is C10H11BrN4O2. The Bertz CT molecular complexity index is 576. The van der Waals surface area contributed by atoms with Gasteiger partial charge in [0.2, 0.25) is 5.88 Å². The van der Waals surface area contributed by atoms with Gasteiger partial charge in [-0.3, -0.25) is 9.48 Å². The van der Waals surface area contributed by atoms with Crippen molar-refractivity contribution in [1.82, 2.24) is 19.7 Å². The number of H-pyrrole nitrogens is 1. The molecule has 0 saturated carbocycles. The number of nitrogens with one attached hydrogen (secondary N) is 1. The van der Waals surface area contributed by atoms with Gasteiger partial charge >= 0.3 is 0 Å². The van der Waals surface area contributed by atoms with Crippen molar-refractivity contribution in [2.24, 2.45) is 0 Å². The Labute approximate surface area is 106 Å². The van der Waals surface area contributed by atoms with Crippen molar-refractivity contribution in [1.29, 1.82) is 0 Å². The second-order valence-electron chi connectivity index (χ2n) is 3.70. The largest absolute Gasteiger partial charge is 0.434 e. The molecule has 2 heterocycles. The number of halogens is 1. The van der Waals surface area contributed by atoms with Crippen molar-refractivity contribution in [2.45, 2.75) is 19.9 Å². The second-order valence-corrected chi connectivity index (χ2v) is 4.50. The van der Waals surface area contributed by atoms with Gasteiger partial charge in [0.05, 0.1) is 18.7 Å². The number of rotatable bonds is 3. The summed E-state index contributed by atoms with van der Waals surface area (Å²) in [7, 11) is 0.